The number of aromatic nitrogens is 2. The van der Waals surface area contributed by atoms with Gasteiger partial charge in [0.15, 0.2) is 3.92 Å². The Balaban J connectivity index is 2.01. The predicted octanol–water partition coefficient (Wildman–Crippen LogP) is 2.28. The molecule has 0 radical (unpaired) electrons. The van der Waals surface area contributed by atoms with Gasteiger partial charge in [0.25, 0.3) is 0 Å². The molecular formula is C8H12BrN3OS. The van der Waals surface area contributed by atoms with E-state index in [2.05, 4.69) is 38.4 Å². The van der Waals surface area contributed by atoms with Gasteiger partial charge in [-0.05, 0) is 35.7 Å². The van der Waals surface area contributed by atoms with Crippen LogP contribution < -0.4 is 5.32 Å². The van der Waals surface area contributed by atoms with Crippen LogP contribution in [0.25, 0.3) is 0 Å². The SMILES string of the molecule is CC1(Nc2nnc(Br)s2)CCCOC1. The maximum absolute atomic E-state index is 5.45. The average molecular weight is 278 g/mol. The molecule has 1 aromatic heterocycles. The quantitative estimate of drug-likeness (QED) is 0.901. The zero-order valence-corrected chi connectivity index (χ0v) is 10.3. The minimum atomic E-state index is 0.0111. The highest BCUT2D eigenvalue weighted by Gasteiger charge is 2.28. The fourth-order valence-corrected chi connectivity index (χ4v) is 2.71. The number of hydrogen-bond donors (Lipinski definition) is 1. The van der Waals surface area contributed by atoms with E-state index in [1.54, 1.807) is 0 Å². The van der Waals surface area contributed by atoms with Crippen LogP contribution >= 0.6 is 27.3 Å². The summed E-state index contributed by atoms with van der Waals surface area (Å²) in [6.07, 6.45) is 2.22. The zero-order chi connectivity index (χ0) is 10.0. The number of anilines is 1. The fourth-order valence-electron chi connectivity index (χ4n) is 1.55. The summed E-state index contributed by atoms with van der Waals surface area (Å²) >= 11 is 4.80. The third-order valence-electron chi connectivity index (χ3n) is 2.25. The van der Waals surface area contributed by atoms with Crippen LogP contribution in [0.1, 0.15) is 19.8 Å². The van der Waals surface area contributed by atoms with Gasteiger partial charge >= 0.3 is 0 Å². The first-order valence-electron chi connectivity index (χ1n) is 4.53. The molecule has 1 aromatic rings. The van der Waals surface area contributed by atoms with Crippen LogP contribution in [0.5, 0.6) is 0 Å². The van der Waals surface area contributed by atoms with Crippen molar-refractivity contribution in [1.29, 1.82) is 0 Å². The van der Waals surface area contributed by atoms with E-state index in [1.807, 2.05) is 0 Å². The highest BCUT2D eigenvalue weighted by Crippen LogP contribution is 2.27. The molecule has 2 rings (SSSR count). The minimum Gasteiger partial charge on any atom is -0.379 e. The molecule has 14 heavy (non-hydrogen) atoms. The molecule has 2 heterocycles. The van der Waals surface area contributed by atoms with Crippen molar-refractivity contribution in [2.75, 3.05) is 18.5 Å². The lowest BCUT2D eigenvalue weighted by molar-refractivity contribution is 0.0540. The predicted molar refractivity (Wildman–Crippen MR) is 59.7 cm³/mol. The van der Waals surface area contributed by atoms with Gasteiger partial charge in [-0.15, -0.1) is 10.2 Å². The molecule has 1 atom stereocenters. The molecular weight excluding hydrogens is 266 g/mol. The van der Waals surface area contributed by atoms with Gasteiger partial charge in [-0.3, -0.25) is 0 Å². The summed E-state index contributed by atoms with van der Waals surface area (Å²) in [6.45, 7) is 3.77. The topological polar surface area (TPSA) is 47.0 Å². The van der Waals surface area contributed by atoms with Crippen molar-refractivity contribution in [2.24, 2.45) is 0 Å². The van der Waals surface area contributed by atoms with Crippen LogP contribution in [-0.4, -0.2) is 29.0 Å². The molecule has 0 bridgehead atoms. The number of ether oxygens (including phenoxy) is 1. The van der Waals surface area contributed by atoms with Crippen LogP contribution in [0.4, 0.5) is 5.13 Å². The number of nitrogens with one attached hydrogen (secondary N) is 1. The zero-order valence-electron chi connectivity index (χ0n) is 7.92. The van der Waals surface area contributed by atoms with Crippen LogP contribution in [0, 0.1) is 0 Å². The summed E-state index contributed by atoms with van der Waals surface area (Å²) in [5, 5.41) is 12.1. The summed E-state index contributed by atoms with van der Waals surface area (Å²) < 4.78 is 6.25. The van der Waals surface area contributed by atoms with Gasteiger partial charge in [0, 0.05) is 6.61 Å². The average Bonchev–Trinajstić information content (AvgIpc) is 2.51. The van der Waals surface area contributed by atoms with Gasteiger partial charge in [0.1, 0.15) is 0 Å². The van der Waals surface area contributed by atoms with Crippen molar-refractivity contribution < 1.29 is 4.74 Å². The molecule has 4 nitrogen and oxygen atoms in total. The molecule has 0 amide bonds. The van der Waals surface area contributed by atoms with Crippen LogP contribution in [0.15, 0.2) is 3.92 Å². The van der Waals surface area contributed by atoms with E-state index < -0.39 is 0 Å². The lowest BCUT2D eigenvalue weighted by atomic mass is 9.95. The summed E-state index contributed by atoms with van der Waals surface area (Å²) in [5.74, 6) is 0. The Morgan fingerprint density at radius 1 is 1.57 bits per heavy atom. The largest absolute Gasteiger partial charge is 0.379 e. The van der Waals surface area contributed by atoms with E-state index in [0.717, 1.165) is 35.1 Å². The molecule has 0 aromatic carbocycles. The van der Waals surface area contributed by atoms with Gasteiger partial charge < -0.3 is 10.1 Å². The Kier molecular flexibility index (Phi) is 3.04. The lowest BCUT2D eigenvalue weighted by Crippen LogP contribution is -2.42. The van der Waals surface area contributed by atoms with E-state index in [9.17, 15) is 0 Å². The molecule has 1 aliphatic rings. The van der Waals surface area contributed by atoms with E-state index in [1.165, 1.54) is 11.3 Å². The van der Waals surface area contributed by atoms with Crippen molar-refractivity contribution in [3.63, 3.8) is 0 Å². The Bertz CT molecular complexity index is 311. The van der Waals surface area contributed by atoms with Gasteiger partial charge in [-0.1, -0.05) is 11.3 Å². The van der Waals surface area contributed by atoms with Crippen molar-refractivity contribution in [3.05, 3.63) is 3.92 Å². The van der Waals surface area contributed by atoms with Crippen molar-refractivity contribution in [2.45, 2.75) is 25.3 Å². The second-order valence-electron chi connectivity index (χ2n) is 3.70. The Labute approximate surface area is 95.2 Å². The smallest absolute Gasteiger partial charge is 0.206 e. The van der Waals surface area contributed by atoms with Crippen molar-refractivity contribution in [3.8, 4) is 0 Å². The summed E-state index contributed by atoms with van der Waals surface area (Å²) in [7, 11) is 0. The van der Waals surface area contributed by atoms with Crippen LogP contribution in [0.2, 0.25) is 0 Å². The lowest BCUT2D eigenvalue weighted by Gasteiger charge is -2.33. The summed E-state index contributed by atoms with van der Waals surface area (Å²) in [4.78, 5) is 0. The van der Waals surface area contributed by atoms with Gasteiger partial charge in [0.05, 0.1) is 12.1 Å². The molecule has 1 unspecified atom stereocenters. The normalized spacial score (nSPS) is 27.6. The molecule has 1 aliphatic heterocycles. The summed E-state index contributed by atoms with van der Waals surface area (Å²) in [6, 6.07) is 0. The van der Waals surface area contributed by atoms with Crippen molar-refractivity contribution in [1.82, 2.24) is 10.2 Å². The third kappa shape index (κ3) is 2.43. The summed E-state index contributed by atoms with van der Waals surface area (Å²) in [5.41, 5.74) is 0.0111. The third-order valence-corrected chi connectivity index (χ3v) is 3.52. The molecule has 0 spiro atoms. The molecule has 78 valence electrons. The molecule has 6 heteroatoms. The number of halogens is 1. The van der Waals surface area contributed by atoms with Crippen LogP contribution in [0.3, 0.4) is 0 Å². The van der Waals surface area contributed by atoms with Gasteiger partial charge in [-0.2, -0.15) is 0 Å². The molecule has 0 aliphatic carbocycles. The van der Waals surface area contributed by atoms with Gasteiger partial charge in [0.2, 0.25) is 5.13 Å². The maximum atomic E-state index is 5.45. The number of hydrogen-bond acceptors (Lipinski definition) is 5. The first-order chi connectivity index (χ1) is 6.68. The van der Waals surface area contributed by atoms with E-state index in [4.69, 9.17) is 4.74 Å². The maximum Gasteiger partial charge on any atom is 0.206 e. The first-order valence-corrected chi connectivity index (χ1v) is 6.14. The number of nitrogens with zero attached hydrogens (tertiary/aromatic N) is 2. The second kappa shape index (κ2) is 4.12. The standard InChI is InChI=1S/C8H12BrN3OS/c1-8(3-2-4-13-5-8)10-7-12-11-6(9)14-7/h2-5H2,1H3,(H,10,12). The Morgan fingerprint density at radius 3 is 3.00 bits per heavy atom. The number of rotatable bonds is 2. The second-order valence-corrected chi connectivity index (χ2v) is 5.96. The molecule has 0 saturated carbocycles. The minimum absolute atomic E-state index is 0.0111. The monoisotopic (exact) mass is 277 g/mol. The van der Waals surface area contributed by atoms with E-state index in [0.29, 0.717) is 0 Å². The van der Waals surface area contributed by atoms with Gasteiger partial charge in [-0.25, -0.2) is 0 Å². The molecule has 1 N–H and O–H groups in total. The fraction of sp³-hybridized carbons (Fsp3) is 0.750. The highest BCUT2D eigenvalue weighted by molar-refractivity contribution is 9.11. The van der Waals surface area contributed by atoms with E-state index in [-0.39, 0.29) is 5.54 Å². The molecule has 1 saturated heterocycles. The first kappa shape index (κ1) is 10.3. The molecule has 1 fully saturated rings. The Morgan fingerprint density at radius 2 is 2.43 bits per heavy atom. The van der Waals surface area contributed by atoms with Crippen molar-refractivity contribution >= 4 is 32.4 Å². The van der Waals surface area contributed by atoms with E-state index >= 15 is 0 Å². The van der Waals surface area contributed by atoms with Crippen LogP contribution in [-0.2, 0) is 4.74 Å². The Hall–Kier alpha value is -0.200. The highest BCUT2D eigenvalue weighted by atomic mass is 79.9.